The predicted octanol–water partition coefficient (Wildman–Crippen LogP) is 1.31. The molecule has 3 aliphatic heterocycles. The van der Waals surface area contributed by atoms with Crippen molar-refractivity contribution in [2.24, 2.45) is 0 Å². The van der Waals surface area contributed by atoms with Gasteiger partial charge in [0, 0.05) is 6.42 Å². The molecule has 12 N–H and O–H groups in total. The van der Waals surface area contributed by atoms with Gasteiger partial charge >= 0.3 is 0 Å². The first-order valence-electron chi connectivity index (χ1n) is 25.3. The van der Waals surface area contributed by atoms with Crippen LogP contribution >= 0.6 is 0 Å². The molecule has 66 heavy (non-hydrogen) atoms. The molecule has 0 spiro atoms. The number of carbonyl (C=O) groups is 1. The zero-order valence-corrected chi connectivity index (χ0v) is 39.7. The Bertz CT molecular complexity index is 1240. The molecule has 3 rings (SSSR count). The van der Waals surface area contributed by atoms with Crippen LogP contribution in [0.25, 0.3) is 0 Å². The van der Waals surface area contributed by atoms with Gasteiger partial charge in [-0.2, -0.15) is 0 Å². The Kier molecular flexibility index (Phi) is 29.9. The fraction of sp³-hybridized carbons (Fsp3) is 0.979. The van der Waals surface area contributed by atoms with Crippen molar-refractivity contribution in [3.8, 4) is 0 Å². The summed E-state index contributed by atoms with van der Waals surface area (Å²) in [7, 11) is 0. The molecule has 0 bridgehead atoms. The smallest absolute Gasteiger partial charge is 0.220 e. The maximum atomic E-state index is 13.2. The molecule has 0 aromatic carbocycles. The topological polar surface area (TPSA) is 307 Å². The van der Waals surface area contributed by atoms with Gasteiger partial charge in [0.05, 0.1) is 38.6 Å². The van der Waals surface area contributed by atoms with Gasteiger partial charge in [0.1, 0.15) is 73.2 Å². The van der Waals surface area contributed by atoms with Gasteiger partial charge in [-0.1, -0.05) is 142 Å². The van der Waals surface area contributed by atoms with Gasteiger partial charge in [-0.25, -0.2) is 0 Å². The minimum atomic E-state index is -1.97. The van der Waals surface area contributed by atoms with Crippen molar-refractivity contribution in [1.29, 1.82) is 0 Å². The lowest BCUT2D eigenvalue weighted by Gasteiger charge is -2.48. The second kappa shape index (κ2) is 33.4. The summed E-state index contributed by atoms with van der Waals surface area (Å²) in [5.41, 5.74) is 0. The van der Waals surface area contributed by atoms with Crippen molar-refractivity contribution in [2.45, 2.75) is 266 Å². The molecule has 3 heterocycles. The van der Waals surface area contributed by atoms with E-state index >= 15 is 0 Å². The molecule has 19 nitrogen and oxygen atoms in total. The number of nitrogens with one attached hydrogen (secondary N) is 1. The highest BCUT2D eigenvalue weighted by Gasteiger charge is 2.53. The Hall–Kier alpha value is -1.21. The van der Waals surface area contributed by atoms with Crippen LogP contribution in [0.4, 0.5) is 0 Å². The minimum absolute atomic E-state index is 0.246. The Balaban J connectivity index is 1.56. The third kappa shape index (κ3) is 19.5. The SMILES string of the molecule is CCCCCCCCCCCCCCC(=O)NC(COC1OC(CO)C(OC2OC(CO)C(OC3OC(CO)C(O)C(O)C3O)C(O)C2O)C(O)C1O)C(O)CCCCCCCCCCC. The van der Waals surface area contributed by atoms with Crippen molar-refractivity contribution >= 4 is 5.91 Å². The number of amides is 1. The van der Waals surface area contributed by atoms with E-state index in [9.17, 15) is 61.0 Å². The summed E-state index contributed by atoms with van der Waals surface area (Å²) in [6.07, 6.45) is -1.98. The predicted molar refractivity (Wildman–Crippen MR) is 240 cm³/mol. The maximum absolute atomic E-state index is 13.2. The zero-order valence-electron chi connectivity index (χ0n) is 39.7. The average molecular weight is 956 g/mol. The first-order valence-corrected chi connectivity index (χ1v) is 25.3. The van der Waals surface area contributed by atoms with E-state index < -0.39 is 124 Å². The number of aliphatic hydroxyl groups is 11. The van der Waals surface area contributed by atoms with Crippen molar-refractivity contribution in [2.75, 3.05) is 26.4 Å². The maximum Gasteiger partial charge on any atom is 0.220 e. The summed E-state index contributed by atoms with van der Waals surface area (Å²) >= 11 is 0. The van der Waals surface area contributed by atoms with Gasteiger partial charge in [-0.05, 0) is 12.8 Å². The van der Waals surface area contributed by atoms with Crippen LogP contribution in [0.3, 0.4) is 0 Å². The van der Waals surface area contributed by atoms with Gasteiger partial charge in [0.15, 0.2) is 18.9 Å². The number of unbranched alkanes of at least 4 members (excludes halogenated alkanes) is 19. The van der Waals surface area contributed by atoms with E-state index in [1.54, 1.807) is 0 Å². The van der Waals surface area contributed by atoms with E-state index in [1.165, 1.54) is 83.5 Å². The van der Waals surface area contributed by atoms with Crippen LogP contribution in [-0.2, 0) is 33.2 Å². The summed E-state index contributed by atoms with van der Waals surface area (Å²) in [4.78, 5) is 13.2. The summed E-state index contributed by atoms with van der Waals surface area (Å²) in [6.45, 7) is 1.72. The Labute approximate surface area is 392 Å². The molecular formula is C47H89NO18. The van der Waals surface area contributed by atoms with Crippen molar-refractivity contribution in [3.63, 3.8) is 0 Å². The Morgan fingerprint density at radius 1 is 0.485 bits per heavy atom. The first kappa shape index (κ1) is 59.1. The van der Waals surface area contributed by atoms with E-state index in [2.05, 4.69) is 19.2 Å². The molecule has 390 valence electrons. The third-order valence-electron chi connectivity index (χ3n) is 13.2. The molecule has 0 radical (unpaired) electrons. The number of ether oxygens (including phenoxy) is 6. The first-order chi connectivity index (χ1) is 31.8. The lowest BCUT2D eigenvalue weighted by molar-refractivity contribution is -0.379. The van der Waals surface area contributed by atoms with E-state index in [1.807, 2.05) is 0 Å². The quantitative estimate of drug-likeness (QED) is 0.0399. The number of aliphatic hydroxyl groups excluding tert-OH is 11. The molecule has 3 fully saturated rings. The van der Waals surface area contributed by atoms with Gasteiger partial charge < -0.3 is 89.9 Å². The van der Waals surface area contributed by atoms with E-state index in [4.69, 9.17) is 28.4 Å². The van der Waals surface area contributed by atoms with Crippen LogP contribution in [0, 0.1) is 0 Å². The molecule has 17 atom stereocenters. The van der Waals surface area contributed by atoms with Crippen LogP contribution in [0.15, 0.2) is 0 Å². The van der Waals surface area contributed by atoms with Crippen molar-refractivity contribution in [3.05, 3.63) is 0 Å². The third-order valence-corrected chi connectivity index (χ3v) is 13.2. The summed E-state index contributed by atoms with van der Waals surface area (Å²) in [5, 5.41) is 119. The van der Waals surface area contributed by atoms with Gasteiger partial charge in [0.2, 0.25) is 5.91 Å². The van der Waals surface area contributed by atoms with E-state index in [0.29, 0.717) is 12.8 Å². The highest BCUT2D eigenvalue weighted by molar-refractivity contribution is 5.76. The Morgan fingerprint density at radius 2 is 0.864 bits per heavy atom. The highest BCUT2D eigenvalue weighted by atomic mass is 16.8. The van der Waals surface area contributed by atoms with Gasteiger partial charge in [-0.15, -0.1) is 0 Å². The molecule has 0 saturated carbocycles. The lowest BCUT2D eigenvalue weighted by Crippen LogP contribution is -2.66. The number of hydrogen-bond donors (Lipinski definition) is 12. The van der Waals surface area contributed by atoms with Gasteiger partial charge in [0.25, 0.3) is 0 Å². The molecular weight excluding hydrogens is 867 g/mol. The highest BCUT2D eigenvalue weighted by Crippen LogP contribution is 2.33. The Morgan fingerprint density at radius 3 is 1.32 bits per heavy atom. The standard InChI is InChI=1S/C47H89NO18/c1-3-5-7-9-11-13-14-15-17-19-21-23-25-35(53)48-30(31(52)24-22-20-18-16-12-10-8-6-4-2)29-61-45-41(59)38(56)43(33(27-50)63-45)66-47-42(60)39(57)44(34(28-51)64-47)65-46-40(58)37(55)36(54)32(26-49)62-46/h30-34,36-47,49-52,54-60H,3-29H2,1-2H3,(H,48,53). The fourth-order valence-electron chi connectivity index (χ4n) is 8.90. The number of hydrogen-bond acceptors (Lipinski definition) is 18. The molecule has 3 saturated heterocycles. The molecule has 17 unspecified atom stereocenters. The molecule has 0 aliphatic carbocycles. The van der Waals surface area contributed by atoms with Crippen LogP contribution in [-0.4, -0.2) is 193 Å². The van der Waals surface area contributed by atoms with Crippen molar-refractivity contribution in [1.82, 2.24) is 5.32 Å². The summed E-state index contributed by atoms with van der Waals surface area (Å²) in [6, 6.07) is -0.876. The van der Waals surface area contributed by atoms with E-state index in [0.717, 1.165) is 44.9 Å². The second-order valence-corrected chi connectivity index (χ2v) is 18.6. The summed E-state index contributed by atoms with van der Waals surface area (Å²) < 4.78 is 34.1. The number of carbonyl (C=O) groups excluding carboxylic acids is 1. The summed E-state index contributed by atoms with van der Waals surface area (Å²) in [5.74, 6) is -0.246. The van der Waals surface area contributed by atoms with Crippen LogP contribution < -0.4 is 5.32 Å². The second-order valence-electron chi connectivity index (χ2n) is 18.6. The van der Waals surface area contributed by atoms with Crippen LogP contribution in [0.2, 0.25) is 0 Å². The average Bonchev–Trinajstić information content (AvgIpc) is 3.31. The van der Waals surface area contributed by atoms with Crippen LogP contribution in [0.1, 0.15) is 162 Å². The zero-order chi connectivity index (χ0) is 48.4. The lowest BCUT2D eigenvalue weighted by atomic mass is 9.96. The molecule has 1 amide bonds. The number of rotatable bonds is 35. The molecule has 0 aromatic rings. The largest absolute Gasteiger partial charge is 0.394 e. The van der Waals surface area contributed by atoms with E-state index in [-0.39, 0.29) is 18.9 Å². The minimum Gasteiger partial charge on any atom is -0.394 e. The molecule has 0 aromatic heterocycles. The fourth-order valence-corrected chi connectivity index (χ4v) is 8.90. The van der Waals surface area contributed by atoms with Crippen molar-refractivity contribution < 1.29 is 89.4 Å². The monoisotopic (exact) mass is 956 g/mol. The van der Waals surface area contributed by atoms with Crippen LogP contribution in [0.5, 0.6) is 0 Å². The molecule has 19 heteroatoms. The van der Waals surface area contributed by atoms with Gasteiger partial charge in [-0.3, -0.25) is 4.79 Å². The molecule has 3 aliphatic rings. The normalized spacial score (nSPS) is 33.7.